The monoisotopic (exact) mass is 343 g/mol. The summed E-state index contributed by atoms with van der Waals surface area (Å²) in [6, 6.07) is 8.18. The summed E-state index contributed by atoms with van der Waals surface area (Å²) in [5, 5.41) is 3.85. The lowest BCUT2D eigenvalue weighted by Crippen LogP contribution is -2.46. The minimum atomic E-state index is -0.418. The molecule has 0 radical (unpaired) electrons. The summed E-state index contributed by atoms with van der Waals surface area (Å²) in [5.41, 5.74) is 5.30. The molecule has 0 atom stereocenters. The maximum absolute atomic E-state index is 11.9. The first-order chi connectivity index (χ1) is 10.1. The van der Waals surface area contributed by atoms with Gasteiger partial charge in [-0.15, -0.1) is 0 Å². The van der Waals surface area contributed by atoms with Crippen molar-refractivity contribution in [1.29, 1.82) is 0 Å². The maximum Gasteiger partial charge on any atom is 0.271 e. The van der Waals surface area contributed by atoms with E-state index >= 15 is 0 Å². The summed E-state index contributed by atoms with van der Waals surface area (Å²) in [6.45, 7) is 0.413. The minimum absolute atomic E-state index is 0.254. The summed E-state index contributed by atoms with van der Waals surface area (Å²) in [5.74, 6) is 0.310. The molecule has 1 amide bonds. The van der Waals surface area contributed by atoms with Crippen LogP contribution in [0.15, 0.2) is 41.0 Å². The van der Waals surface area contributed by atoms with E-state index in [9.17, 15) is 4.79 Å². The fraction of sp³-hybridized carbons (Fsp3) is 0.0769. The molecule has 0 unspecified atom stereocenters. The second-order valence-corrected chi connectivity index (χ2v) is 5.22. The predicted octanol–water partition coefficient (Wildman–Crippen LogP) is 2.90. The number of hydrazine groups is 1. The number of amides is 1. The molecule has 0 spiro atoms. The Kier molecular flexibility index (Phi) is 5.44. The van der Waals surface area contributed by atoms with Gasteiger partial charge < -0.3 is 9.73 Å². The number of rotatable bonds is 3. The van der Waals surface area contributed by atoms with Crippen LogP contribution in [0, 0.1) is 0 Å². The normalized spacial score (nSPS) is 10.0. The van der Waals surface area contributed by atoms with Gasteiger partial charge in [0.25, 0.3) is 5.91 Å². The van der Waals surface area contributed by atoms with Crippen LogP contribution in [-0.4, -0.2) is 11.0 Å². The van der Waals surface area contributed by atoms with Crippen molar-refractivity contribution in [2.75, 3.05) is 0 Å². The Labute approximate surface area is 136 Å². The van der Waals surface area contributed by atoms with Crippen LogP contribution in [0.4, 0.5) is 0 Å². The SMILES string of the molecule is O=C(NNC(=S)NCc1ccco1)c1ccc(Cl)cc1Cl. The van der Waals surface area contributed by atoms with Gasteiger partial charge in [-0.05, 0) is 42.5 Å². The highest BCUT2D eigenvalue weighted by molar-refractivity contribution is 7.80. The Hall–Kier alpha value is -1.76. The first kappa shape index (κ1) is 15.6. The van der Waals surface area contributed by atoms with Crippen LogP contribution in [0.2, 0.25) is 10.0 Å². The standard InChI is InChI=1S/C13H11Cl2N3O2S/c14-8-3-4-10(11(15)6-8)12(19)17-18-13(21)16-7-9-2-1-5-20-9/h1-6H,7H2,(H,17,19)(H2,16,18,21). The van der Waals surface area contributed by atoms with Crippen LogP contribution < -0.4 is 16.2 Å². The predicted molar refractivity (Wildman–Crippen MR) is 85.2 cm³/mol. The lowest BCUT2D eigenvalue weighted by atomic mass is 10.2. The molecule has 110 valence electrons. The second-order valence-electron chi connectivity index (χ2n) is 3.97. The molecule has 2 aromatic rings. The van der Waals surface area contributed by atoms with Crippen molar-refractivity contribution in [3.8, 4) is 0 Å². The number of hydrogen-bond acceptors (Lipinski definition) is 3. The number of carbonyl (C=O) groups is 1. The molecular weight excluding hydrogens is 333 g/mol. The summed E-state index contributed by atoms with van der Waals surface area (Å²) in [4.78, 5) is 11.9. The summed E-state index contributed by atoms with van der Waals surface area (Å²) >= 11 is 16.7. The third kappa shape index (κ3) is 4.63. The van der Waals surface area contributed by atoms with E-state index in [1.807, 2.05) is 6.07 Å². The molecule has 0 saturated heterocycles. The number of carbonyl (C=O) groups excluding carboxylic acids is 1. The van der Waals surface area contributed by atoms with Crippen LogP contribution in [0.25, 0.3) is 0 Å². The van der Waals surface area contributed by atoms with E-state index in [-0.39, 0.29) is 10.1 Å². The first-order valence-electron chi connectivity index (χ1n) is 5.88. The van der Waals surface area contributed by atoms with E-state index < -0.39 is 5.91 Å². The van der Waals surface area contributed by atoms with Gasteiger partial charge in [-0.2, -0.15) is 0 Å². The molecular formula is C13H11Cl2N3O2S. The van der Waals surface area contributed by atoms with Gasteiger partial charge in [-0.25, -0.2) is 0 Å². The average molecular weight is 344 g/mol. The fourth-order valence-electron chi connectivity index (χ4n) is 1.48. The number of nitrogens with one attached hydrogen (secondary N) is 3. The number of benzene rings is 1. The molecule has 0 aliphatic rings. The zero-order valence-corrected chi connectivity index (χ0v) is 13.0. The Bertz CT molecular complexity index is 647. The Balaban J connectivity index is 1.81. The zero-order chi connectivity index (χ0) is 15.2. The fourth-order valence-corrected chi connectivity index (χ4v) is 2.10. The van der Waals surface area contributed by atoms with Gasteiger partial charge in [0.05, 0.1) is 23.4 Å². The second kappa shape index (κ2) is 7.31. The van der Waals surface area contributed by atoms with E-state index in [2.05, 4.69) is 16.2 Å². The van der Waals surface area contributed by atoms with Crippen molar-refractivity contribution < 1.29 is 9.21 Å². The van der Waals surface area contributed by atoms with Gasteiger partial charge >= 0.3 is 0 Å². The summed E-state index contributed by atoms with van der Waals surface area (Å²) < 4.78 is 5.14. The minimum Gasteiger partial charge on any atom is -0.467 e. The van der Waals surface area contributed by atoms with Crippen LogP contribution in [-0.2, 0) is 6.54 Å². The van der Waals surface area contributed by atoms with Crippen LogP contribution in [0.3, 0.4) is 0 Å². The number of thiocarbonyl (C=S) groups is 1. The highest BCUT2D eigenvalue weighted by atomic mass is 35.5. The molecule has 0 saturated carbocycles. The number of furan rings is 1. The molecule has 1 aromatic heterocycles. The number of hydrogen-bond donors (Lipinski definition) is 3. The maximum atomic E-state index is 11.9. The lowest BCUT2D eigenvalue weighted by Gasteiger charge is -2.11. The van der Waals surface area contributed by atoms with Gasteiger partial charge in [0.15, 0.2) is 5.11 Å². The summed E-state index contributed by atoms with van der Waals surface area (Å²) in [6.07, 6.45) is 1.57. The molecule has 3 N–H and O–H groups in total. The van der Waals surface area contributed by atoms with E-state index in [0.717, 1.165) is 5.76 Å². The van der Waals surface area contributed by atoms with E-state index in [0.29, 0.717) is 17.1 Å². The highest BCUT2D eigenvalue weighted by Crippen LogP contribution is 2.20. The van der Waals surface area contributed by atoms with E-state index in [1.165, 1.54) is 12.1 Å². The molecule has 0 bridgehead atoms. The molecule has 0 aliphatic heterocycles. The van der Waals surface area contributed by atoms with Crippen molar-refractivity contribution in [3.63, 3.8) is 0 Å². The van der Waals surface area contributed by atoms with Gasteiger partial charge in [-0.3, -0.25) is 15.6 Å². The third-order valence-corrected chi connectivity index (χ3v) is 3.26. The van der Waals surface area contributed by atoms with Crippen LogP contribution >= 0.6 is 35.4 Å². The van der Waals surface area contributed by atoms with Crippen molar-refractivity contribution in [1.82, 2.24) is 16.2 Å². The van der Waals surface area contributed by atoms with Crippen LogP contribution in [0.1, 0.15) is 16.1 Å². The lowest BCUT2D eigenvalue weighted by molar-refractivity contribution is 0.0944. The Morgan fingerprint density at radius 1 is 1.24 bits per heavy atom. The van der Waals surface area contributed by atoms with Crippen molar-refractivity contribution in [2.24, 2.45) is 0 Å². The van der Waals surface area contributed by atoms with Crippen LogP contribution in [0.5, 0.6) is 0 Å². The van der Waals surface area contributed by atoms with E-state index in [4.69, 9.17) is 39.8 Å². The molecule has 5 nitrogen and oxygen atoms in total. The van der Waals surface area contributed by atoms with Gasteiger partial charge in [0, 0.05) is 5.02 Å². The van der Waals surface area contributed by atoms with E-state index in [1.54, 1.807) is 18.4 Å². The smallest absolute Gasteiger partial charge is 0.271 e. The molecule has 1 heterocycles. The Morgan fingerprint density at radius 2 is 2.05 bits per heavy atom. The number of halogens is 2. The van der Waals surface area contributed by atoms with Gasteiger partial charge in [-0.1, -0.05) is 23.2 Å². The zero-order valence-electron chi connectivity index (χ0n) is 10.7. The molecule has 1 aromatic carbocycles. The molecule has 0 fully saturated rings. The van der Waals surface area contributed by atoms with Crippen molar-refractivity contribution >= 4 is 46.4 Å². The van der Waals surface area contributed by atoms with Gasteiger partial charge in [0.1, 0.15) is 5.76 Å². The van der Waals surface area contributed by atoms with Crippen molar-refractivity contribution in [2.45, 2.75) is 6.54 Å². The molecule has 8 heteroatoms. The molecule has 0 aliphatic carbocycles. The molecule has 21 heavy (non-hydrogen) atoms. The third-order valence-electron chi connectivity index (χ3n) is 2.47. The average Bonchev–Trinajstić information content (AvgIpc) is 2.95. The van der Waals surface area contributed by atoms with Crippen molar-refractivity contribution in [3.05, 3.63) is 58.0 Å². The highest BCUT2D eigenvalue weighted by Gasteiger charge is 2.10. The summed E-state index contributed by atoms with van der Waals surface area (Å²) in [7, 11) is 0. The Morgan fingerprint density at radius 3 is 2.71 bits per heavy atom. The quantitative estimate of drug-likeness (QED) is 0.590. The van der Waals surface area contributed by atoms with Gasteiger partial charge in [0.2, 0.25) is 0 Å². The largest absolute Gasteiger partial charge is 0.467 e. The topological polar surface area (TPSA) is 66.3 Å². The molecule has 2 rings (SSSR count). The first-order valence-corrected chi connectivity index (χ1v) is 7.04.